The molecule has 0 aliphatic rings. The van der Waals surface area contributed by atoms with E-state index in [0.29, 0.717) is 18.8 Å². The molecule has 4 nitrogen and oxygen atoms in total. The molecule has 2 heterocycles. The molecule has 2 N–H and O–H groups in total. The van der Waals surface area contributed by atoms with E-state index in [2.05, 4.69) is 53.4 Å². The van der Waals surface area contributed by atoms with Crippen LogP contribution in [0.1, 0.15) is 37.4 Å². The van der Waals surface area contributed by atoms with Gasteiger partial charge in [0.05, 0.1) is 11.7 Å². The Morgan fingerprint density at radius 2 is 1.81 bits per heavy atom. The van der Waals surface area contributed by atoms with Gasteiger partial charge in [-0.3, -0.25) is 9.78 Å². The number of hydrogen-bond acceptors (Lipinski definition) is 2. The quantitative estimate of drug-likeness (QED) is 0.502. The van der Waals surface area contributed by atoms with Crippen LogP contribution >= 0.6 is 0 Å². The van der Waals surface area contributed by atoms with Gasteiger partial charge in [-0.1, -0.05) is 50.2 Å². The van der Waals surface area contributed by atoms with Gasteiger partial charge in [-0.05, 0) is 36.1 Å². The van der Waals surface area contributed by atoms with Crippen LogP contribution in [0.5, 0.6) is 0 Å². The third-order valence-electron chi connectivity index (χ3n) is 4.91. The third-order valence-corrected chi connectivity index (χ3v) is 4.91. The zero-order chi connectivity index (χ0) is 18.8. The molecule has 27 heavy (non-hydrogen) atoms. The largest absolute Gasteiger partial charge is 0.353 e. The number of aromatic nitrogens is 2. The van der Waals surface area contributed by atoms with Crippen LogP contribution in [-0.2, 0) is 11.2 Å². The molecule has 0 saturated heterocycles. The summed E-state index contributed by atoms with van der Waals surface area (Å²) in [5.74, 6) is 0.386. The van der Waals surface area contributed by atoms with E-state index in [1.165, 1.54) is 5.39 Å². The van der Waals surface area contributed by atoms with Crippen molar-refractivity contribution in [2.24, 2.45) is 0 Å². The lowest BCUT2D eigenvalue weighted by atomic mass is 10.0. The summed E-state index contributed by atoms with van der Waals surface area (Å²) in [6.45, 7) is 4.26. The van der Waals surface area contributed by atoms with E-state index >= 15 is 0 Å². The summed E-state index contributed by atoms with van der Waals surface area (Å²) < 4.78 is 0. The molecule has 4 heteroatoms. The van der Waals surface area contributed by atoms with Crippen molar-refractivity contribution in [2.75, 3.05) is 5.32 Å². The summed E-state index contributed by atoms with van der Waals surface area (Å²) >= 11 is 0. The van der Waals surface area contributed by atoms with Gasteiger partial charge in [-0.25, -0.2) is 0 Å². The molecule has 0 aliphatic heterocycles. The molecule has 0 saturated carbocycles. The van der Waals surface area contributed by atoms with Gasteiger partial charge >= 0.3 is 0 Å². The first kappa shape index (κ1) is 17.3. The van der Waals surface area contributed by atoms with E-state index in [9.17, 15) is 4.79 Å². The number of aryl methyl sites for hydroxylation is 1. The van der Waals surface area contributed by atoms with Crippen molar-refractivity contribution in [2.45, 2.75) is 32.6 Å². The van der Waals surface area contributed by atoms with Crippen LogP contribution in [0.15, 0.2) is 60.8 Å². The molecule has 4 aromatic rings. The van der Waals surface area contributed by atoms with Gasteiger partial charge in [-0.2, -0.15) is 0 Å². The summed E-state index contributed by atoms with van der Waals surface area (Å²) in [6.07, 6.45) is 2.88. The summed E-state index contributed by atoms with van der Waals surface area (Å²) in [5.41, 5.74) is 5.12. The molecule has 0 atom stereocenters. The number of benzene rings is 2. The van der Waals surface area contributed by atoms with Crippen molar-refractivity contribution in [1.82, 2.24) is 9.97 Å². The second-order valence-electron chi connectivity index (χ2n) is 7.18. The predicted octanol–water partition coefficient (Wildman–Crippen LogP) is 5.41. The average Bonchev–Trinajstić information content (AvgIpc) is 3.04. The standard InChI is InChI=1S/C23H23N3O/c1-15(2)17-7-3-5-9-20(17)26-23(27)12-11-16-13-19-18-8-4-6-10-21(18)25-22(19)14-24-16/h3-10,13-15,25H,11-12H2,1-2H3,(H,26,27). The van der Waals surface area contributed by atoms with Gasteiger partial charge in [0.15, 0.2) is 0 Å². The molecular formula is C23H23N3O. The fourth-order valence-electron chi connectivity index (χ4n) is 3.50. The molecule has 0 radical (unpaired) electrons. The Kier molecular flexibility index (Phi) is 4.63. The maximum atomic E-state index is 12.4. The van der Waals surface area contributed by atoms with Gasteiger partial charge < -0.3 is 10.3 Å². The lowest BCUT2D eigenvalue weighted by molar-refractivity contribution is -0.116. The zero-order valence-electron chi connectivity index (χ0n) is 15.6. The van der Waals surface area contributed by atoms with Gasteiger partial charge in [0.25, 0.3) is 0 Å². The third kappa shape index (κ3) is 3.56. The van der Waals surface area contributed by atoms with Crippen LogP contribution in [0.2, 0.25) is 0 Å². The first-order valence-corrected chi connectivity index (χ1v) is 9.36. The minimum Gasteiger partial charge on any atom is -0.353 e. The fraction of sp³-hybridized carbons (Fsp3) is 0.217. The Bertz CT molecular complexity index is 1110. The van der Waals surface area contributed by atoms with E-state index in [0.717, 1.165) is 33.4 Å². The first-order valence-electron chi connectivity index (χ1n) is 9.36. The highest BCUT2D eigenvalue weighted by atomic mass is 16.1. The minimum atomic E-state index is 0.0175. The number of fused-ring (bicyclic) bond motifs is 3. The smallest absolute Gasteiger partial charge is 0.224 e. The molecular weight excluding hydrogens is 334 g/mol. The summed E-state index contributed by atoms with van der Waals surface area (Å²) in [6, 6.07) is 18.3. The van der Waals surface area contributed by atoms with E-state index in [4.69, 9.17) is 0 Å². The van der Waals surface area contributed by atoms with Crippen molar-refractivity contribution in [3.05, 3.63) is 72.1 Å². The average molecular weight is 357 g/mol. The summed E-state index contributed by atoms with van der Waals surface area (Å²) in [7, 11) is 0. The highest BCUT2D eigenvalue weighted by molar-refractivity contribution is 6.07. The van der Waals surface area contributed by atoms with Crippen LogP contribution in [0, 0.1) is 0 Å². The Labute approximate surface area is 158 Å². The monoisotopic (exact) mass is 357 g/mol. The van der Waals surface area contributed by atoms with E-state index in [1.54, 1.807) is 0 Å². The normalized spacial score (nSPS) is 11.4. The highest BCUT2D eigenvalue weighted by Crippen LogP contribution is 2.26. The molecule has 4 rings (SSSR count). The van der Waals surface area contributed by atoms with E-state index < -0.39 is 0 Å². The number of nitrogens with one attached hydrogen (secondary N) is 2. The number of anilines is 1. The van der Waals surface area contributed by atoms with Gasteiger partial charge in [0, 0.05) is 34.1 Å². The Balaban J connectivity index is 1.48. The number of pyridine rings is 1. The van der Waals surface area contributed by atoms with Crippen LogP contribution in [-0.4, -0.2) is 15.9 Å². The number of carbonyl (C=O) groups excluding carboxylic acids is 1. The second-order valence-corrected chi connectivity index (χ2v) is 7.18. The Hall–Kier alpha value is -3.14. The number of hydrogen-bond donors (Lipinski definition) is 2. The number of carbonyl (C=O) groups is 1. The number of para-hydroxylation sites is 2. The second kappa shape index (κ2) is 7.23. The van der Waals surface area contributed by atoms with Crippen LogP contribution in [0.25, 0.3) is 21.8 Å². The maximum Gasteiger partial charge on any atom is 0.224 e. The molecule has 0 bridgehead atoms. The minimum absolute atomic E-state index is 0.0175. The van der Waals surface area contributed by atoms with Crippen LogP contribution < -0.4 is 5.32 Å². The first-order chi connectivity index (χ1) is 13.1. The van der Waals surface area contributed by atoms with E-state index in [-0.39, 0.29) is 5.91 Å². The van der Waals surface area contributed by atoms with Crippen molar-refractivity contribution < 1.29 is 4.79 Å². The Morgan fingerprint density at radius 1 is 1.04 bits per heavy atom. The van der Waals surface area contributed by atoms with Crippen LogP contribution in [0.3, 0.4) is 0 Å². The van der Waals surface area contributed by atoms with Gasteiger partial charge in [0.1, 0.15) is 0 Å². The van der Waals surface area contributed by atoms with Crippen molar-refractivity contribution in [3.63, 3.8) is 0 Å². The summed E-state index contributed by atoms with van der Waals surface area (Å²) in [4.78, 5) is 20.3. The topological polar surface area (TPSA) is 57.8 Å². The molecule has 0 spiro atoms. The molecule has 0 unspecified atom stereocenters. The SMILES string of the molecule is CC(C)c1ccccc1NC(=O)CCc1cc2c(cn1)[nH]c1ccccc12. The van der Waals surface area contributed by atoms with Crippen molar-refractivity contribution in [3.8, 4) is 0 Å². The number of aromatic amines is 1. The van der Waals surface area contributed by atoms with Gasteiger partial charge in [0.2, 0.25) is 5.91 Å². The zero-order valence-corrected chi connectivity index (χ0v) is 15.6. The fourth-order valence-corrected chi connectivity index (χ4v) is 3.50. The molecule has 2 aromatic carbocycles. The van der Waals surface area contributed by atoms with Crippen LogP contribution in [0.4, 0.5) is 5.69 Å². The number of H-pyrrole nitrogens is 1. The molecule has 1 amide bonds. The Morgan fingerprint density at radius 3 is 2.67 bits per heavy atom. The summed E-state index contributed by atoms with van der Waals surface area (Å²) in [5, 5.41) is 5.39. The highest BCUT2D eigenvalue weighted by Gasteiger charge is 2.11. The number of rotatable bonds is 5. The molecule has 136 valence electrons. The lowest BCUT2D eigenvalue weighted by Crippen LogP contribution is -2.14. The molecule has 2 aromatic heterocycles. The maximum absolute atomic E-state index is 12.4. The molecule has 0 fully saturated rings. The lowest BCUT2D eigenvalue weighted by Gasteiger charge is -2.13. The van der Waals surface area contributed by atoms with Crippen molar-refractivity contribution in [1.29, 1.82) is 0 Å². The predicted molar refractivity (Wildman–Crippen MR) is 111 cm³/mol. The molecule has 0 aliphatic carbocycles. The number of amides is 1. The van der Waals surface area contributed by atoms with Crippen molar-refractivity contribution >= 4 is 33.4 Å². The van der Waals surface area contributed by atoms with Gasteiger partial charge in [-0.15, -0.1) is 0 Å². The van der Waals surface area contributed by atoms with E-state index in [1.807, 2.05) is 36.5 Å². The number of nitrogens with zero attached hydrogens (tertiary/aromatic N) is 1.